The molecule has 146 valence electrons. The first-order valence-corrected chi connectivity index (χ1v) is 10.8. The maximum absolute atomic E-state index is 13.1. The number of furan rings is 1. The van der Waals surface area contributed by atoms with Crippen LogP contribution in [0.2, 0.25) is 0 Å². The summed E-state index contributed by atoms with van der Waals surface area (Å²) < 4.78 is 16.6. The van der Waals surface area contributed by atoms with Crippen molar-refractivity contribution in [1.82, 2.24) is 5.32 Å². The largest absolute Gasteiger partial charge is 0.468 e. The van der Waals surface area contributed by atoms with Crippen molar-refractivity contribution in [3.63, 3.8) is 0 Å². The molecule has 1 aromatic rings. The maximum Gasteiger partial charge on any atom is 0.233 e. The summed E-state index contributed by atoms with van der Waals surface area (Å²) in [5, 5.41) is 3.15. The van der Waals surface area contributed by atoms with Crippen molar-refractivity contribution >= 4 is 17.7 Å². The number of ether oxygens (including phenoxy) is 2. The average Bonchev–Trinajstić information content (AvgIpc) is 3.30. The Labute approximate surface area is 160 Å². The van der Waals surface area contributed by atoms with E-state index in [4.69, 9.17) is 13.9 Å². The lowest BCUT2D eigenvalue weighted by atomic mass is 9.86. The molecular formula is C20H31NO4S. The molecule has 3 rings (SSSR count). The SMILES string of the molecule is COC1CO[C@@H](C)[C@H]1NC(=O)[C@@H](CC1CCCCC1)SCc1ccco1. The zero-order chi connectivity index (χ0) is 18.4. The summed E-state index contributed by atoms with van der Waals surface area (Å²) in [5.74, 6) is 2.40. The maximum atomic E-state index is 13.1. The Morgan fingerprint density at radius 3 is 2.88 bits per heavy atom. The van der Waals surface area contributed by atoms with Crippen molar-refractivity contribution in [3.05, 3.63) is 24.2 Å². The predicted molar refractivity (Wildman–Crippen MR) is 103 cm³/mol. The number of thioether (sulfide) groups is 1. The molecule has 5 nitrogen and oxygen atoms in total. The van der Waals surface area contributed by atoms with E-state index in [1.54, 1.807) is 25.1 Å². The summed E-state index contributed by atoms with van der Waals surface area (Å²) in [4.78, 5) is 13.1. The second-order valence-electron chi connectivity index (χ2n) is 7.47. The summed E-state index contributed by atoms with van der Waals surface area (Å²) in [6, 6.07) is 3.79. The van der Waals surface area contributed by atoms with Crippen LogP contribution >= 0.6 is 11.8 Å². The molecule has 1 amide bonds. The lowest BCUT2D eigenvalue weighted by Gasteiger charge is -2.28. The van der Waals surface area contributed by atoms with Gasteiger partial charge >= 0.3 is 0 Å². The second kappa shape index (κ2) is 9.81. The van der Waals surface area contributed by atoms with E-state index >= 15 is 0 Å². The van der Waals surface area contributed by atoms with E-state index in [0.29, 0.717) is 12.5 Å². The number of carbonyl (C=O) groups excluding carboxylic acids is 1. The summed E-state index contributed by atoms with van der Waals surface area (Å²) in [7, 11) is 1.68. The lowest BCUT2D eigenvalue weighted by molar-refractivity contribution is -0.122. The lowest BCUT2D eigenvalue weighted by Crippen LogP contribution is -2.49. The smallest absolute Gasteiger partial charge is 0.233 e. The van der Waals surface area contributed by atoms with Gasteiger partial charge in [-0.15, -0.1) is 11.8 Å². The van der Waals surface area contributed by atoms with Crippen LogP contribution in [-0.2, 0) is 20.0 Å². The Balaban J connectivity index is 1.61. The van der Waals surface area contributed by atoms with Crippen molar-refractivity contribution in [2.75, 3.05) is 13.7 Å². The van der Waals surface area contributed by atoms with E-state index in [0.717, 1.165) is 17.9 Å². The van der Waals surface area contributed by atoms with E-state index in [-0.39, 0.29) is 29.4 Å². The average molecular weight is 382 g/mol. The molecular weight excluding hydrogens is 350 g/mol. The van der Waals surface area contributed by atoms with Crippen molar-refractivity contribution < 1.29 is 18.7 Å². The van der Waals surface area contributed by atoms with Gasteiger partial charge in [0, 0.05) is 7.11 Å². The molecule has 0 spiro atoms. The fourth-order valence-corrected chi connectivity index (χ4v) is 5.15. The molecule has 1 saturated heterocycles. The Morgan fingerprint density at radius 1 is 1.38 bits per heavy atom. The zero-order valence-corrected chi connectivity index (χ0v) is 16.6. The van der Waals surface area contributed by atoms with E-state index in [1.807, 2.05) is 19.1 Å². The second-order valence-corrected chi connectivity index (χ2v) is 8.66. The van der Waals surface area contributed by atoms with E-state index in [1.165, 1.54) is 32.1 Å². The van der Waals surface area contributed by atoms with Gasteiger partial charge < -0.3 is 19.2 Å². The summed E-state index contributed by atoms with van der Waals surface area (Å²) in [5.41, 5.74) is 0. The summed E-state index contributed by atoms with van der Waals surface area (Å²) >= 11 is 1.69. The number of amides is 1. The minimum absolute atomic E-state index is 0.0192. The molecule has 1 aliphatic carbocycles. The highest BCUT2D eigenvalue weighted by Gasteiger charge is 2.37. The molecule has 6 heteroatoms. The number of carbonyl (C=O) groups is 1. The van der Waals surface area contributed by atoms with Crippen LogP contribution in [0.1, 0.15) is 51.2 Å². The van der Waals surface area contributed by atoms with Gasteiger partial charge in [-0.05, 0) is 31.4 Å². The van der Waals surface area contributed by atoms with Crippen LogP contribution in [0, 0.1) is 5.92 Å². The Hall–Kier alpha value is -0.980. The molecule has 2 heterocycles. The topological polar surface area (TPSA) is 60.7 Å². The van der Waals surface area contributed by atoms with E-state index in [2.05, 4.69) is 5.32 Å². The van der Waals surface area contributed by atoms with Crippen molar-refractivity contribution in [3.8, 4) is 0 Å². The monoisotopic (exact) mass is 381 g/mol. The van der Waals surface area contributed by atoms with Crippen LogP contribution in [0.3, 0.4) is 0 Å². The number of methoxy groups -OCH3 is 1. The van der Waals surface area contributed by atoms with Crippen molar-refractivity contribution in [2.24, 2.45) is 5.92 Å². The van der Waals surface area contributed by atoms with Crippen LogP contribution in [0.15, 0.2) is 22.8 Å². The number of rotatable bonds is 8. The number of hydrogen-bond donors (Lipinski definition) is 1. The number of hydrogen-bond acceptors (Lipinski definition) is 5. The Kier molecular flexibility index (Phi) is 7.46. The fraction of sp³-hybridized carbons (Fsp3) is 0.750. The predicted octanol–water partition coefficient (Wildman–Crippen LogP) is 3.77. The van der Waals surface area contributed by atoms with Gasteiger partial charge in [0.15, 0.2) is 0 Å². The number of nitrogens with one attached hydrogen (secondary N) is 1. The van der Waals surface area contributed by atoms with Gasteiger partial charge in [0.05, 0.1) is 36.0 Å². The van der Waals surface area contributed by atoms with Crippen LogP contribution < -0.4 is 5.32 Å². The highest BCUT2D eigenvalue weighted by Crippen LogP contribution is 2.32. The van der Waals surface area contributed by atoms with Gasteiger partial charge in [-0.25, -0.2) is 0 Å². The van der Waals surface area contributed by atoms with Crippen LogP contribution in [0.4, 0.5) is 0 Å². The highest BCUT2D eigenvalue weighted by atomic mass is 32.2. The quantitative estimate of drug-likeness (QED) is 0.743. The third-order valence-electron chi connectivity index (χ3n) is 5.61. The fourth-order valence-electron chi connectivity index (χ4n) is 3.99. The standard InChI is InChI=1S/C20H31NO4S/c1-14-19(17(23-2)12-25-14)21-20(22)18(11-15-7-4-3-5-8-15)26-13-16-9-6-10-24-16/h6,9-10,14-15,17-19H,3-5,7-8,11-13H2,1-2H3,(H,21,22)/t14-,17?,18+,19+/m0/s1. The minimum atomic E-state index is -0.0782. The molecule has 2 aliphatic rings. The zero-order valence-electron chi connectivity index (χ0n) is 15.8. The van der Waals surface area contributed by atoms with Crippen LogP contribution in [0.5, 0.6) is 0 Å². The van der Waals surface area contributed by atoms with Gasteiger partial charge in [-0.3, -0.25) is 4.79 Å². The summed E-state index contributed by atoms with van der Waals surface area (Å²) in [6.07, 6.45) is 8.95. The van der Waals surface area contributed by atoms with Crippen molar-refractivity contribution in [2.45, 2.75) is 74.7 Å². The first-order chi connectivity index (χ1) is 12.7. The minimum Gasteiger partial charge on any atom is -0.468 e. The first-order valence-electron chi connectivity index (χ1n) is 9.76. The molecule has 0 radical (unpaired) electrons. The third-order valence-corrected chi connectivity index (χ3v) is 6.87. The first kappa shape index (κ1) is 19.8. The molecule has 0 aromatic carbocycles. The molecule has 1 N–H and O–H groups in total. The molecule has 1 aromatic heterocycles. The third kappa shape index (κ3) is 5.27. The van der Waals surface area contributed by atoms with Crippen LogP contribution in [0.25, 0.3) is 0 Å². The highest BCUT2D eigenvalue weighted by molar-refractivity contribution is 7.99. The van der Waals surface area contributed by atoms with Crippen molar-refractivity contribution in [1.29, 1.82) is 0 Å². The molecule has 2 fully saturated rings. The molecule has 4 atom stereocenters. The molecule has 26 heavy (non-hydrogen) atoms. The summed E-state index contributed by atoms with van der Waals surface area (Å²) in [6.45, 7) is 2.53. The molecule has 0 bridgehead atoms. The van der Waals surface area contributed by atoms with Gasteiger partial charge in [-0.1, -0.05) is 32.1 Å². The van der Waals surface area contributed by atoms with Crippen LogP contribution in [-0.4, -0.2) is 43.1 Å². The Morgan fingerprint density at radius 2 is 2.19 bits per heavy atom. The molecule has 1 aliphatic heterocycles. The molecule has 1 unspecified atom stereocenters. The molecule has 1 saturated carbocycles. The van der Waals surface area contributed by atoms with Gasteiger partial charge in [-0.2, -0.15) is 0 Å². The van der Waals surface area contributed by atoms with E-state index in [9.17, 15) is 4.79 Å². The normalized spacial score (nSPS) is 28.2. The van der Waals surface area contributed by atoms with Gasteiger partial charge in [0.25, 0.3) is 0 Å². The van der Waals surface area contributed by atoms with Gasteiger partial charge in [0.1, 0.15) is 11.9 Å². The van der Waals surface area contributed by atoms with E-state index < -0.39 is 0 Å². The Bertz CT molecular complexity index is 544. The van der Waals surface area contributed by atoms with Gasteiger partial charge in [0.2, 0.25) is 5.91 Å².